The Labute approximate surface area is 114 Å². The number of aromatic amines is 1. The van der Waals surface area contributed by atoms with Gasteiger partial charge in [-0.15, -0.1) is 0 Å². The predicted octanol–water partition coefficient (Wildman–Crippen LogP) is 2.91. The summed E-state index contributed by atoms with van der Waals surface area (Å²) in [7, 11) is 0. The van der Waals surface area contributed by atoms with Crippen LogP contribution in [0.15, 0.2) is 48.8 Å². The summed E-state index contributed by atoms with van der Waals surface area (Å²) in [5.74, 6) is -0.159. The number of hydrogen-bond acceptors (Lipinski definition) is 3. The molecule has 5 heteroatoms. The molecule has 0 fully saturated rings. The average molecular weight is 269 g/mol. The highest BCUT2D eigenvalue weighted by Gasteiger charge is 2.08. The van der Waals surface area contributed by atoms with Crippen molar-refractivity contribution < 1.29 is 9.50 Å². The molecule has 0 aliphatic carbocycles. The molecule has 2 heterocycles. The molecule has 0 radical (unpaired) electrons. The first kappa shape index (κ1) is 12.3. The Bertz CT molecular complexity index is 722. The second kappa shape index (κ2) is 5.13. The molecule has 20 heavy (non-hydrogen) atoms. The van der Waals surface area contributed by atoms with Crippen molar-refractivity contribution in [3.8, 4) is 17.0 Å². The zero-order valence-electron chi connectivity index (χ0n) is 10.5. The van der Waals surface area contributed by atoms with Crippen LogP contribution in [0.5, 0.6) is 5.75 Å². The fraction of sp³-hybridized carbons (Fsp3) is 0.0667. The minimum atomic E-state index is -0.249. The zero-order valence-corrected chi connectivity index (χ0v) is 10.5. The summed E-state index contributed by atoms with van der Waals surface area (Å²) in [6, 6.07) is 9.90. The SMILES string of the molecule is Oc1cnccc1-c1cc(Cc2ccc(F)cc2)[nH]n1. The number of H-pyrrole nitrogens is 1. The van der Waals surface area contributed by atoms with Crippen molar-refractivity contribution in [1.29, 1.82) is 0 Å². The first-order valence-electron chi connectivity index (χ1n) is 6.14. The van der Waals surface area contributed by atoms with E-state index in [9.17, 15) is 9.50 Å². The molecule has 3 rings (SSSR count). The van der Waals surface area contributed by atoms with Crippen LogP contribution in [0, 0.1) is 5.82 Å². The van der Waals surface area contributed by atoms with Crippen molar-refractivity contribution in [3.63, 3.8) is 0 Å². The molecule has 0 saturated heterocycles. The second-order valence-electron chi connectivity index (χ2n) is 4.47. The summed E-state index contributed by atoms with van der Waals surface area (Å²) in [5, 5.41) is 16.8. The standard InChI is InChI=1S/C15H12FN3O/c16-11-3-1-10(2-4-11)7-12-8-14(19-18-12)13-5-6-17-9-15(13)20/h1-6,8-9,20H,7H2,(H,18,19). The Morgan fingerprint density at radius 2 is 1.95 bits per heavy atom. The van der Waals surface area contributed by atoms with Crippen LogP contribution >= 0.6 is 0 Å². The van der Waals surface area contributed by atoms with Crippen LogP contribution in [0.2, 0.25) is 0 Å². The van der Waals surface area contributed by atoms with Gasteiger partial charge < -0.3 is 5.11 Å². The maximum Gasteiger partial charge on any atom is 0.143 e. The van der Waals surface area contributed by atoms with Crippen molar-refractivity contribution in [1.82, 2.24) is 15.2 Å². The first-order valence-corrected chi connectivity index (χ1v) is 6.14. The van der Waals surface area contributed by atoms with E-state index in [1.165, 1.54) is 18.3 Å². The van der Waals surface area contributed by atoms with Gasteiger partial charge in [-0.1, -0.05) is 12.1 Å². The molecule has 1 aromatic carbocycles. The van der Waals surface area contributed by atoms with Gasteiger partial charge in [-0.05, 0) is 29.8 Å². The molecule has 3 aromatic rings. The highest BCUT2D eigenvalue weighted by molar-refractivity contribution is 5.65. The van der Waals surface area contributed by atoms with Gasteiger partial charge in [0.2, 0.25) is 0 Å². The Morgan fingerprint density at radius 1 is 1.15 bits per heavy atom. The second-order valence-corrected chi connectivity index (χ2v) is 4.47. The van der Waals surface area contributed by atoms with Crippen molar-refractivity contribution in [3.05, 3.63) is 65.9 Å². The number of aromatic nitrogens is 3. The summed E-state index contributed by atoms with van der Waals surface area (Å²) in [5.41, 5.74) is 3.16. The number of halogens is 1. The molecule has 100 valence electrons. The monoisotopic (exact) mass is 269 g/mol. The van der Waals surface area contributed by atoms with Crippen LogP contribution in [0.4, 0.5) is 4.39 Å². The Balaban J connectivity index is 1.84. The molecule has 0 amide bonds. The van der Waals surface area contributed by atoms with Gasteiger partial charge in [0, 0.05) is 23.9 Å². The van der Waals surface area contributed by atoms with E-state index in [1.807, 2.05) is 6.07 Å². The summed E-state index contributed by atoms with van der Waals surface area (Å²) in [6.45, 7) is 0. The third-order valence-corrected chi connectivity index (χ3v) is 3.01. The maximum atomic E-state index is 12.8. The van der Waals surface area contributed by atoms with Crippen molar-refractivity contribution in [2.24, 2.45) is 0 Å². The molecular weight excluding hydrogens is 257 g/mol. The Hall–Kier alpha value is -2.69. The third-order valence-electron chi connectivity index (χ3n) is 3.01. The lowest BCUT2D eigenvalue weighted by Crippen LogP contribution is -1.88. The van der Waals surface area contributed by atoms with Crippen LogP contribution in [0.3, 0.4) is 0 Å². The van der Waals surface area contributed by atoms with Gasteiger partial charge in [-0.3, -0.25) is 10.1 Å². The molecule has 2 N–H and O–H groups in total. The van der Waals surface area contributed by atoms with E-state index < -0.39 is 0 Å². The zero-order chi connectivity index (χ0) is 13.9. The molecule has 0 spiro atoms. The predicted molar refractivity (Wildman–Crippen MR) is 72.7 cm³/mol. The normalized spacial score (nSPS) is 10.7. The minimum Gasteiger partial charge on any atom is -0.506 e. The number of hydrogen-bond donors (Lipinski definition) is 2. The van der Waals surface area contributed by atoms with E-state index >= 15 is 0 Å². The number of pyridine rings is 1. The number of aromatic hydroxyl groups is 1. The van der Waals surface area contributed by atoms with Gasteiger partial charge in [0.05, 0.1) is 11.9 Å². The van der Waals surface area contributed by atoms with E-state index in [-0.39, 0.29) is 11.6 Å². The van der Waals surface area contributed by atoms with Gasteiger partial charge in [-0.2, -0.15) is 5.10 Å². The molecule has 4 nitrogen and oxygen atoms in total. The highest BCUT2D eigenvalue weighted by Crippen LogP contribution is 2.26. The van der Waals surface area contributed by atoms with Gasteiger partial charge in [0.15, 0.2) is 0 Å². The number of nitrogens with one attached hydrogen (secondary N) is 1. The molecule has 2 aromatic heterocycles. The van der Waals surface area contributed by atoms with Crippen molar-refractivity contribution >= 4 is 0 Å². The molecule has 0 unspecified atom stereocenters. The Kier molecular flexibility index (Phi) is 3.16. The number of nitrogens with zero attached hydrogens (tertiary/aromatic N) is 2. The third kappa shape index (κ3) is 2.51. The van der Waals surface area contributed by atoms with E-state index in [0.717, 1.165) is 11.3 Å². The van der Waals surface area contributed by atoms with E-state index in [4.69, 9.17) is 0 Å². The quantitative estimate of drug-likeness (QED) is 0.768. The lowest BCUT2D eigenvalue weighted by Gasteiger charge is -1.99. The summed E-state index contributed by atoms with van der Waals surface area (Å²) in [4.78, 5) is 3.83. The summed E-state index contributed by atoms with van der Waals surface area (Å²) in [6.07, 6.45) is 3.60. The van der Waals surface area contributed by atoms with Gasteiger partial charge in [-0.25, -0.2) is 4.39 Å². The first-order chi connectivity index (χ1) is 9.72. The van der Waals surface area contributed by atoms with Crippen LogP contribution in [0.1, 0.15) is 11.3 Å². The average Bonchev–Trinajstić information content (AvgIpc) is 2.90. The van der Waals surface area contributed by atoms with Crippen molar-refractivity contribution in [2.45, 2.75) is 6.42 Å². The lowest BCUT2D eigenvalue weighted by atomic mass is 10.1. The molecular formula is C15H12FN3O. The molecule has 0 aliphatic rings. The Morgan fingerprint density at radius 3 is 2.70 bits per heavy atom. The smallest absolute Gasteiger partial charge is 0.143 e. The number of rotatable bonds is 3. The van der Waals surface area contributed by atoms with Crippen LogP contribution in [0.25, 0.3) is 11.3 Å². The fourth-order valence-corrected chi connectivity index (χ4v) is 2.02. The van der Waals surface area contributed by atoms with Gasteiger partial charge in [0.1, 0.15) is 11.6 Å². The summed E-state index contributed by atoms with van der Waals surface area (Å²) >= 11 is 0. The van der Waals surface area contributed by atoms with Gasteiger partial charge in [0.25, 0.3) is 0 Å². The topological polar surface area (TPSA) is 61.8 Å². The molecule has 0 saturated carbocycles. The molecule has 0 atom stereocenters. The molecule has 0 aliphatic heterocycles. The van der Waals surface area contributed by atoms with E-state index in [2.05, 4.69) is 15.2 Å². The largest absolute Gasteiger partial charge is 0.506 e. The van der Waals surface area contributed by atoms with Crippen LogP contribution in [-0.2, 0) is 6.42 Å². The fourth-order valence-electron chi connectivity index (χ4n) is 2.02. The highest BCUT2D eigenvalue weighted by atomic mass is 19.1. The summed E-state index contributed by atoms with van der Waals surface area (Å²) < 4.78 is 12.8. The van der Waals surface area contributed by atoms with Crippen LogP contribution in [-0.4, -0.2) is 20.3 Å². The number of benzene rings is 1. The van der Waals surface area contributed by atoms with E-state index in [1.54, 1.807) is 24.4 Å². The van der Waals surface area contributed by atoms with Crippen LogP contribution < -0.4 is 0 Å². The van der Waals surface area contributed by atoms with Crippen molar-refractivity contribution in [2.75, 3.05) is 0 Å². The minimum absolute atomic E-state index is 0.0901. The molecule has 0 bridgehead atoms. The lowest BCUT2D eigenvalue weighted by molar-refractivity contribution is 0.474. The maximum absolute atomic E-state index is 12.8. The van der Waals surface area contributed by atoms with Gasteiger partial charge >= 0.3 is 0 Å². The van der Waals surface area contributed by atoms with E-state index in [0.29, 0.717) is 17.7 Å².